The number of nitrogens with zero attached hydrogens (tertiary/aromatic N) is 1. The van der Waals surface area contributed by atoms with E-state index in [4.69, 9.17) is 0 Å². The number of imide groups is 1. The first-order valence-corrected chi connectivity index (χ1v) is 7.60. The van der Waals surface area contributed by atoms with Crippen LogP contribution in [0.5, 0.6) is 0 Å². The van der Waals surface area contributed by atoms with Crippen molar-refractivity contribution in [2.75, 3.05) is 0 Å². The van der Waals surface area contributed by atoms with Crippen molar-refractivity contribution in [2.45, 2.75) is 58.4 Å². The van der Waals surface area contributed by atoms with Crippen LogP contribution in [0, 0.1) is 17.8 Å². The average molecular weight is 281 g/mol. The van der Waals surface area contributed by atoms with Crippen LogP contribution in [0.3, 0.4) is 0 Å². The van der Waals surface area contributed by atoms with E-state index in [-0.39, 0.29) is 23.7 Å². The molecular formula is C15H23NO4. The van der Waals surface area contributed by atoms with Crippen molar-refractivity contribution in [3.05, 3.63) is 0 Å². The second kappa shape index (κ2) is 5.94. The summed E-state index contributed by atoms with van der Waals surface area (Å²) in [5.74, 6) is -1.67. The van der Waals surface area contributed by atoms with E-state index in [1.165, 1.54) is 0 Å². The minimum absolute atomic E-state index is 0.251. The highest BCUT2D eigenvalue weighted by Crippen LogP contribution is 2.45. The van der Waals surface area contributed by atoms with E-state index in [0.29, 0.717) is 18.8 Å². The Morgan fingerprint density at radius 3 is 2.20 bits per heavy atom. The van der Waals surface area contributed by atoms with Gasteiger partial charge in [0.1, 0.15) is 6.04 Å². The number of unbranched alkanes of at least 4 members (excludes halogenated alkanes) is 1. The van der Waals surface area contributed by atoms with Crippen molar-refractivity contribution in [2.24, 2.45) is 17.8 Å². The van der Waals surface area contributed by atoms with E-state index in [9.17, 15) is 19.5 Å². The number of carbonyl (C=O) groups is 3. The van der Waals surface area contributed by atoms with Crippen LogP contribution in [-0.4, -0.2) is 33.8 Å². The summed E-state index contributed by atoms with van der Waals surface area (Å²) < 4.78 is 0. The van der Waals surface area contributed by atoms with Gasteiger partial charge in [0.05, 0.1) is 11.8 Å². The number of carboxylic acid groups (broad SMARTS) is 1. The molecule has 3 unspecified atom stereocenters. The molecule has 0 aromatic heterocycles. The van der Waals surface area contributed by atoms with Gasteiger partial charge in [-0.2, -0.15) is 0 Å². The van der Waals surface area contributed by atoms with E-state index in [2.05, 4.69) is 6.92 Å². The number of carboxylic acids is 1. The zero-order valence-corrected chi connectivity index (χ0v) is 12.2. The molecule has 5 heteroatoms. The lowest BCUT2D eigenvalue weighted by atomic mass is 10.00. The topological polar surface area (TPSA) is 74.7 Å². The summed E-state index contributed by atoms with van der Waals surface area (Å²) in [6.07, 6.45) is 4.38. The number of amides is 2. The molecule has 2 amide bonds. The van der Waals surface area contributed by atoms with Gasteiger partial charge in [-0.1, -0.05) is 33.1 Å². The van der Waals surface area contributed by atoms with Gasteiger partial charge in [0, 0.05) is 0 Å². The van der Waals surface area contributed by atoms with E-state index in [1.807, 2.05) is 6.92 Å². The number of likely N-dealkylation sites (tertiary alicyclic amines) is 1. The Hall–Kier alpha value is -1.39. The predicted octanol–water partition coefficient (Wildman–Crippen LogP) is 2.05. The monoisotopic (exact) mass is 281 g/mol. The Labute approximate surface area is 119 Å². The first kappa shape index (κ1) is 15.0. The summed E-state index contributed by atoms with van der Waals surface area (Å²) >= 11 is 0. The summed E-state index contributed by atoms with van der Waals surface area (Å²) in [5, 5.41) is 9.31. The van der Waals surface area contributed by atoms with E-state index in [1.54, 1.807) is 0 Å². The molecule has 0 bridgehead atoms. The van der Waals surface area contributed by atoms with Crippen LogP contribution in [0.15, 0.2) is 0 Å². The smallest absolute Gasteiger partial charge is 0.326 e. The molecule has 1 aliphatic carbocycles. The fraction of sp³-hybridized carbons (Fsp3) is 0.800. The molecule has 2 fully saturated rings. The molecule has 1 aliphatic heterocycles. The number of fused-ring (bicyclic) bond motifs is 1. The maximum Gasteiger partial charge on any atom is 0.326 e. The Bertz CT molecular complexity index is 396. The molecule has 112 valence electrons. The van der Waals surface area contributed by atoms with Crippen molar-refractivity contribution < 1.29 is 19.5 Å². The van der Waals surface area contributed by atoms with Crippen LogP contribution in [0.2, 0.25) is 0 Å². The van der Waals surface area contributed by atoms with Crippen LogP contribution >= 0.6 is 0 Å². The molecule has 0 aromatic carbocycles. The average Bonchev–Trinajstić information content (AvgIpc) is 2.93. The molecule has 5 nitrogen and oxygen atoms in total. The van der Waals surface area contributed by atoms with Crippen LogP contribution in [0.1, 0.15) is 52.4 Å². The fourth-order valence-electron chi connectivity index (χ4n) is 3.56. The van der Waals surface area contributed by atoms with Crippen molar-refractivity contribution in [3.63, 3.8) is 0 Å². The minimum Gasteiger partial charge on any atom is -0.480 e. The number of hydrogen-bond acceptors (Lipinski definition) is 3. The predicted molar refractivity (Wildman–Crippen MR) is 72.8 cm³/mol. The number of aliphatic carboxylic acids is 1. The van der Waals surface area contributed by atoms with E-state index < -0.39 is 12.0 Å². The van der Waals surface area contributed by atoms with Crippen molar-refractivity contribution in [3.8, 4) is 0 Å². The highest BCUT2D eigenvalue weighted by Gasteiger charge is 2.54. The third-order valence-electron chi connectivity index (χ3n) is 4.77. The molecule has 3 atom stereocenters. The number of hydrogen-bond donors (Lipinski definition) is 1. The first-order valence-electron chi connectivity index (χ1n) is 7.60. The standard InChI is InChI=1S/C15H23NO4/c1-3-5-6-12(15(19)20)16-13(17)10-7-9(4-2)8-11(10)14(16)18/h9-12H,3-8H2,1-2H3,(H,19,20). The maximum atomic E-state index is 12.4. The summed E-state index contributed by atoms with van der Waals surface area (Å²) in [5.41, 5.74) is 0. The van der Waals surface area contributed by atoms with Gasteiger partial charge in [-0.15, -0.1) is 0 Å². The SMILES string of the molecule is CCCCC(C(=O)O)N1C(=O)C2CC(CC)CC2C1=O. The van der Waals surface area contributed by atoms with E-state index in [0.717, 1.165) is 30.6 Å². The molecule has 20 heavy (non-hydrogen) atoms. The second-order valence-corrected chi connectivity index (χ2v) is 6.00. The summed E-state index contributed by atoms with van der Waals surface area (Å²) in [6.45, 7) is 4.03. The van der Waals surface area contributed by atoms with Gasteiger partial charge in [0.2, 0.25) is 11.8 Å². The van der Waals surface area contributed by atoms with Crippen LogP contribution in [-0.2, 0) is 14.4 Å². The largest absolute Gasteiger partial charge is 0.480 e. The third kappa shape index (κ3) is 2.45. The van der Waals surface area contributed by atoms with Crippen molar-refractivity contribution >= 4 is 17.8 Å². The molecular weight excluding hydrogens is 258 g/mol. The lowest BCUT2D eigenvalue weighted by Crippen LogP contribution is -2.46. The van der Waals surface area contributed by atoms with Gasteiger partial charge in [0.25, 0.3) is 0 Å². The number of carbonyl (C=O) groups excluding carboxylic acids is 2. The molecule has 2 aliphatic rings. The van der Waals surface area contributed by atoms with Crippen molar-refractivity contribution in [1.29, 1.82) is 0 Å². The van der Waals surface area contributed by atoms with Gasteiger partial charge in [0.15, 0.2) is 0 Å². The van der Waals surface area contributed by atoms with Crippen LogP contribution in [0.4, 0.5) is 0 Å². The lowest BCUT2D eigenvalue weighted by molar-refractivity contribution is -0.155. The Kier molecular flexibility index (Phi) is 4.45. The quantitative estimate of drug-likeness (QED) is 0.756. The minimum atomic E-state index is -1.06. The van der Waals surface area contributed by atoms with Crippen LogP contribution < -0.4 is 0 Å². The molecule has 1 saturated heterocycles. The summed E-state index contributed by atoms with van der Waals surface area (Å²) in [4.78, 5) is 37.3. The van der Waals surface area contributed by atoms with Gasteiger partial charge < -0.3 is 5.11 Å². The highest BCUT2D eigenvalue weighted by molar-refractivity contribution is 6.08. The van der Waals surface area contributed by atoms with Gasteiger partial charge in [-0.25, -0.2) is 4.79 Å². The summed E-state index contributed by atoms with van der Waals surface area (Å²) in [7, 11) is 0. The molecule has 1 N–H and O–H groups in total. The molecule has 0 aromatic rings. The summed E-state index contributed by atoms with van der Waals surface area (Å²) in [6, 6.07) is -0.972. The van der Waals surface area contributed by atoms with Crippen LogP contribution in [0.25, 0.3) is 0 Å². The van der Waals surface area contributed by atoms with Gasteiger partial charge in [-0.3, -0.25) is 14.5 Å². The Morgan fingerprint density at radius 2 is 1.80 bits per heavy atom. The zero-order chi connectivity index (χ0) is 14.9. The number of rotatable bonds is 6. The fourth-order valence-corrected chi connectivity index (χ4v) is 3.56. The maximum absolute atomic E-state index is 12.4. The third-order valence-corrected chi connectivity index (χ3v) is 4.77. The zero-order valence-electron chi connectivity index (χ0n) is 12.2. The second-order valence-electron chi connectivity index (χ2n) is 6.00. The lowest BCUT2D eigenvalue weighted by Gasteiger charge is -2.24. The van der Waals surface area contributed by atoms with Crippen molar-refractivity contribution in [1.82, 2.24) is 4.90 Å². The molecule has 1 saturated carbocycles. The molecule has 1 heterocycles. The Morgan fingerprint density at radius 1 is 1.25 bits per heavy atom. The Balaban J connectivity index is 2.16. The highest BCUT2D eigenvalue weighted by atomic mass is 16.4. The van der Waals surface area contributed by atoms with Gasteiger partial charge in [-0.05, 0) is 25.2 Å². The van der Waals surface area contributed by atoms with Gasteiger partial charge >= 0.3 is 5.97 Å². The molecule has 2 rings (SSSR count). The normalized spacial score (nSPS) is 30.7. The molecule has 0 spiro atoms. The van der Waals surface area contributed by atoms with E-state index >= 15 is 0 Å². The molecule has 0 radical (unpaired) electrons. The first-order chi connectivity index (χ1) is 9.51.